The number of carboxylic acids is 1. The molecule has 1 rings (SSSR count). The summed E-state index contributed by atoms with van der Waals surface area (Å²) in [4.78, 5) is 23.7. The highest BCUT2D eigenvalue weighted by atomic mass is 16.5. The molecule has 0 aliphatic heterocycles. The van der Waals surface area contributed by atoms with E-state index < -0.39 is 12.0 Å². The maximum atomic E-state index is 11.7. The standard InChI is InChI=1S/C10H17NO4/c1-4-15-8-5-7(8)9(12)11(3)6(2)10(13)14/h6-8H,4-5H2,1-3H3,(H,13,14). The van der Waals surface area contributed by atoms with Gasteiger partial charge in [-0.1, -0.05) is 0 Å². The lowest BCUT2D eigenvalue weighted by Crippen LogP contribution is -2.41. The van der Waals surface area contributed by atoms with Gasteiger partial charge < -0.3 is 14.7 Å². The monoisotopic (exact) mass is 215 g/mol. The van der Waals surface area contributed by atoms with Crippen LogP contribution in [0.5, 0.6) is 0 Å². The molecule has 86 valence electrons. The molecule has 1 aliphatic carbocycles. The molecule has 0 heterocycles. The molecule has 0 aromatic rings. The minimum absolute atomic E-state index is 0.00838. The third-order valence-corrected chi connectivity index (χ3v) is 2.72. The second-order valence-corrected chi connectivity index (χ2v) is 3.80. The van der Waals surface area contributed by atoms with Gasteiger partial charge in [-0.05, 0) is 20.3 Å². The summed E-state index contributed by atoms with van der Waals surface area (Å²) in [6, 6.07) is -0.777. The molecular formula is C10H17NO4. The number of aliphatic carboxylic acids is 1. The smallest absolute Gasteiger partial charge is 0.326 e. The molecular weight excluding hydrogens is 198 g/mol. The number of carboxylic acid groups (broad SMARTS) is 1. The average molecular weight is 215 g/mol. The molecule has 5 heteroatoms. The summed E-state index contributed by atoms with van der Waals surface area (Å²) in [6.07, 6.45) is 0.703. The van der Waals surface area contributed by atoms with Gasteiger partial charge in [-0.25, -0.2) is 4.79 Å². The second-order valence-electron chi connectivity index (χ2n) is 3.80. The summed E-state index contributed by atoms with van der Waals surface area (Å²) in [5.74, 6) is -1.26. The number of rotatable bonds is 5. The number of hydrogen-bond donors (Lipinski definition) is 1. The van der Waals surface area contributed by atoms with E-state index >= 15 is 0 Å². The summed E-state index contributed by atoms with van der Waals surface area (Å²) >= 11 is 0. The van der Waals surface area contributed by atoms with Crippen molar-refractivity contribution in [2.75, 3.05) is 13.7 Å². The normalized spacial score (nSPS) is 25.8. The molecule has 1 fully saturated rings. The van der Waals surface area contributed by atoms with Crippen LogP contribution in [-0.2, 0) is 14.3 Å². The lowest BCUT2D eigenvalue weighted by Gasteiger charge is -2.21. The van der Waals surface area contributed by atoms with Gasteiger partial charge in [0.15, 0.2) is 0 Å². The zero-order valence-corrected chi connectivity index (χ0v) is 9.27. The highest BCUT2D eigenvalue weighted by Gasteiger charge is 2.46. The van der Waals surface area contributed by atoms with Crippen molar-refractivity contribution >= 4 is 11.9 Å². The highest BCUT2D eigenvalue weighted by Crippen LogP contribution is 2.35. The number of carbonyl (C=O) groups is 2. The van der Waals surface area contributed by atoms with Gasteiger partial charge in [0.1, 0.15) is 6.04 Å². The second kappa shape index (κ2) is 4.61. The maximum absolute atomic E-state index is 11.7. The molecule has 0 aromatic carbocycles. The van der Waals surface area contributed by atoms with Gasteiger partial charge >= 0.3 is 5.97 Å². The summed E-state index contributed by atoms with van der Waals surface area (Å²) in [5, 5.41) is 8.75. The van der Waals surface area contributed by atoms with Gasteiger partial charge in [0.2, 0.25) is 5.91 Å². The largest absolute Gasteiger partial charge is 0.480 e. The fourth-order valence-electron chi connectivity index (χ4n) is 1.45. The lowest BCUT2D eigenvalue weighted by atomic mass is 10.2. The Labute approximate surface area is 89.0 Å². The minimum atomic E-state index is -0.987. The quantitative estimate of drug-likeness (QED) is 0.718. The van der Waals surface area contributed by atoms with Crippen molar-refractivity contribution in [3.05, 3.63) is 0 Å². The molecule has 0 spiro atoms. The van der Waals surface area contributed by atoms with Crippen LogP contribution in [0.3, 0.4) is 0 Å². The molecule has 1 saturated carbocycles. The van der Waals surface area contributed by atoms with Gasteiger partial charge in [-0.15, -0.1) is 0 Å². The van der Waals surface area contributed by atoms with E-state index in [1.165, 1.54) is 18.9 Å². The van der Waals surface area contributed by atoms with Crippen LogP contribution in [0.4, 0.5) is 0 Å². The van der Waals surface area contributed by atoms with Gasteiger partial charge in [0.05, 0.1) is 12.0 Å². The summed E-state index contributed by atoms with van der Waals surface area (Å²) < 4.78 is 5.28. The van der Waals surface area contributed by atoms with E-state index in [-0.39, 0.29) is 17.9 Å². The molecule has 5 nitrogen and oxygen atoms in total. The van der Waals surface area contributed by atoms with E-state index in [4.69, 9.17) is 9.84 Å². The van der Waals surface area contributed by atoms with Crippen molar-refractivity contribution < 1.29 is 19.4 Å². The number of carbonyl (C=O) groups excluding carboxylic acids is 1. The van der Waals surface area contributed by atoms with E-state index in [2.05, 4.69) is 0 Å². The van der Waals surface area contributed by atoms with Gasteiger partial charge in [0, 0.05) is 13.7 Å². The molecule has 15 heavy (non-hydrogen) atoms. The summed E-state index contributed by atoms with van der Waals surface area (Å²) in [5.41, 5.74) is 0. The number of likely N-dealkylation sites (N-methyl/N-ethyl adjacent to an activating group) is 1. The first-order valence-electron chi connectivity index (χ1n) is 5.10. The fourth-order valence-corrected chi connectivity index (χ4v) is 1.45. The van der Waals surface area contributed by atoms with E-state index in [0.29, 0.717) is 13.0 Å². The van der Waals surface area contributed by atoms with Gasteiger partial charge in [-0.3, -0.25) is 4.79 Å². The molecule has 0 radical (unpaired) electrons. The highest BCUT2D eigenvalue weighted by molar-refractivity contribution is 5.86. The Kier molecular flexibility index (Phi) is 3.68. The van der Waals surface area contributed by atoms with Crippen molar-refractivity contribution in [1.29, 1.82) is 0 Å². The molecule has 3 unspecified atom stereocenters. The topological polar surface area (TPSA) is 66.8 Å². The predicted octanol–water partition coefficient (Wildman–Crippen LogP) is 0.343. The van der Waals surface area contributed by atoms with Crippen LogP contribution in [0.1, 0.15) is 20.3 Å². The molecule has 1 amide bonds. The Balaban J connectivity index is 2.45. The minimum Gasteiger partial charge on any atom is -0.480 e. The third kappa shape index (κ3) is 2.68. The van der Waals surface area contributed by atoms with E-state index in [0.717, 1.165) is 0 Å². The first-order valence-corrected chi connectivity index (χ1v) is 5.10. The first-order chi connectivity index (χ1) is 6.99. The van der Waals surface area contributed by atoms with Gasteiger partial charge in [0.25, 0.3) is 0 Å². The van der Waals surface area contributed by atoms with Crippen LogP contribution in [0.15, 0.2) is 0 Å². The van der Waals surface area contributed by atoms with Crippen LogP contribution in [0.25, 0.3) is 0 Å². The number of hydrogen-bond acceptors (Lipinski definition) is 3. The van der Waals surface area contributed by atoms with Crippen molar-refractivity contribution in [1.82, 2.24) is 4.90 Å². The number of nitrogens with zero attached hydrogens (tertiary/aromatic N) is 1. The molecule has 0 aromatic heterocycles. The third-order valence-electron chi connectivity index (χ3n) is 2.72. The Morgan fingerprint density at radius 2 is 2.20 bits per heavy atom. The molecule has 0 bridgehead atoms. The van der Waals surface area contributed by atoms with Crippen LogP contribution < -0.4 is 0 Å². The first kappa shape index (κ1) is 12.0. The number of amides is 1. The van der Waals surface area contributed by atoms with Crippen molar-refractivity contribution in [3.63, 3.8) is 0 Å². The maximum Gasteiger partial charge on any atom is 0.326 e. The Morgan fingerprint density at radius 3 is 2.67 bits per heavy atom. The Morgan fingerprint density at radius 1 is 1.60 bits per heavy atom. The zero-order valence-electron chi connectivity index (χ0n) is 9.27. The van der Waals surface area contributed by atoms with E-state index in [9.17, 15) is 9.59 Å². The molecule has 0 saturated heterocycles. The Bertz CT molecular complexity index is 266. The molecule has 1 N–H and O–H groups in total. The van der Waals surface area contributed by atoms with E-state index in [1.54, 1.807) is 0 Å². The zero-order chi connectivity index (χ0) is 11.6. The van der Waals surface area contributed by atoms with Crippen LogP contribution in [-0.4, -0.2) is 47.7 Å². The summed E-state index contributed by atoms with van der Waals surface area (Å²) in [7, 11) is 1.52. The molecule has 3 atom stereocenters. The van der Waals surface area contributed by atoms with Crippen LogP contribution >= 0.6 is 0 Å². The van der Waals surface area contributed by atoms with Crippen LogP contribution in [0, 0.1) is 5.92 Å². The fraction of sp³-hybridized carbons (Fsp3) is 0.800. The van der Waals surface area contributed by atoms with Crippen molar-refractivity contribution in [3.8, 4) is 0 Å². The predicted molar refractivity (Wildman–Crippen MR) is 53.4 cm³/mol. The summed E-state index contributed by atoms with van der Waals surface area (Å²) in [6.45, 7) is 3.97. The Hall–Kier alpha value is -1.10. The van der Waals surface area contributed by atoms with Crippen molar-refractivity contribution in [2.45, 2.75) is 32.4 Å². The van der Waals surface area contributed by atoms with Gasteiger partial charge in [-0.2, -0.15) is 0 Å². The SMILES string of the molecule is CCOC1CC1C(=O)N(C)C(C)C(=O)O. The number of ether oxygens (including phenoxy) is 1. The van der Waals surface area contributed by atoms with Crippen molar-refractivity contribution in [2.24, 2.45) is 5.92 Å². The van der Waals surface area contributed by atoms with E-state index in [1.807, 2.05) is 6.92 Å². The molecule has 1 aliphatic rings. The average Bonchev–Trinajstić information content (AvgIpc) is 2.94. The van der Waals surface area contributed by atoms with Crippen LogP contribution in [0.2, 0.25) is 0 Å². The lowest BCUT2D eigenvalue weighted by molar-refractivity contribution is -0.149.